The summed E-state index contributed by atoms with van der Waals surface area (Å²) in [5, 5.41) is 20.6. The minimum atomic E-state index is -1.19. The number of aliphatic carboxylic acids is 1. The van der Waals surface area contributed by atoms with Gasteiger partial charge in [-0.3, -0.25) is 19.8 Å². The van der Waals surface area contributed by atoms with Crippen molar-refractivity contribution in [2.75, 3.05) is 4.90 Å². The first kappa shape index (κ1) is 16.6. The molecular weight excluding hydrogens is 276 g/mol. The third-order valence-corrected chi connectivity index (χ3v) is 3.53. The summed E-state index contributed by atoms with van der Waals surface area (Å²) in [5.41, 5.74) is 0.125. The van der Waals surface area contributed by atoms with Crippen LogP contribution >= 0.6 is 0 Å². The maximum Gasteiger partial charge on any atom is 0.327 e. The van der Waals surface area contributed by atoms with E-state index in [0.29, 0.717) is 18.4 Å². The minimum absolute atomic E-state index is 0.00250. The largest absolute Gasteiger partial charge is 0.480 e. The number of amides is 1. The van der Waals surface area contributed by atoms with Gasteiger partial charge in [0.05, 0.1) is 4.92 Å². The van der Waals surface area contributed by atoms with E-state index in [1.807, 2.05) is 0 Å². The molecule has 0 saturated heterocycles. The number of carbonyl (C=O) groups excluding carboxylic acids is 1. The second-order valence-electron chi connectivity index (χ2n) is 4.88. The lowest BCUT2D eigenvalue weighted by atomic mass is 9.97. The number of hydrogen-bond donors (Lipinski definition) is 1. The fourth-order valence-corrected chi connectivity index (χ4v) is 2.22. The average molecular weight is 294 g/mol. The van der Waals surface area contributed by atoms with Gasteiger partial charge in [-0.05, 0) is 18.9 Å². The average Bonchev–Trinajstić information content (AvgIpc) is 2.42. The molecule has 21 heavy (non-hydrogen) atoms. The Morgan fingerprint density at radius 2 is 2.14 bits per heavy atom. The van der Waals surface area contributed by atoms with Crippen LogP contribution in [0.3, 0.4) is 0 Å². The second kappa shape index (κ2) is 6.83. The molecule has 1 aromatic rings. The first-order chi connectivity index (χ1) is 9.84. The summed E-state index contributed by atoms with van der Waals surface area (Å²) < 4.78 is 0. The number of benzene rings is 1. The Kier molecular flexibility index (Phi) is 5.40. The van der Waals surface area contributed by atoms with Crippen molar-refractivity contribution < 1.29 is 19.6 Å². The van der Waals surface area contributed by atoms with E-state index >= 15 is 0 Å². The van der Waals surface area contributed by atoms with Crippen molar-refractivity contribution in [3.63, 3.8) is 0 Å². The van der Waals surface area contributed by atoms with Crippen LogP contribution in [0, 0.1) is 23.0 Å². The first-order valence-electron chi connectivity index (χ1n) is 6.55. The molecule has 1 N–H and O–H groups in total. The van der Waals surface area contributed by atoms with Gasteiger partial charge < -0.3 is 5.11 Å². The van der Waals surface area contributed by atoms with Gasteiger partial charge in [-0.15, -0.1) is 0 Å². The van der Waals surface area contributed by atoms with E-state index in [1.54, 1.807) is 32.9 Å². The summed E-state index contributed by atoms with van der Waals surface area (Å²) in [6.45, 7) is 5.04. The van der Waals surface area contributed by atoms with Gasteiger partial charge in [-0.1, -0.05) is 32.4 Å². The van der Waals surface area contributed by atoms with Crippen LogP contribution in [0.4, 0.5) is 11.4 Å². The molecule has 7 nitrogen and oxygen atoms in total. The van der Waals surface area contributed by atoms with E-state index in [-0.39, 0.29) is 17.3 Å². The van der Waals surface area contributed by atoms with Crippen molar-refractivity contribution in [3.8, 4) is 0 Å². The van der Waals surface area contributed by atoms with Crippen LogP contribution in [-0.2, 0) is 9.59 Å². The summed E-state index contributed by atoms with van der Waals surface area (Å²) in [6.07, 6.45) is 0.869. The number of aryl methyl sites for hydroxylation is 1. The van der Waals surface area contributed by atoms with E-state index in [4.69, 9.17) is 0 Å². The van der Waals surface area contributed by atoms with E-state index in [1.165, 1.54) is 6.07 Å². The van der Waals surface area contributed by atoms with Crippen molar-refractivity contribution in [2.24, 2.45) is 5.92 Å². The van der Waals surface area contributed by atoms with Crippen LogP contribution in [0.15, 0.2) is 18.2 Å². The summed E-state index contributed by atoms with van der Waals surface area (Å²) in [5.74, 6) is -1.53. The predicted molar refractivity (Wildman–Crippen MR) is 77.3 cm³/mol. The lowest BCUT2D eigenvalue weighted by Crippen LogP contribution is -2.45. The molecule has 2 unspecified atom stereocenters. The molecule has 2 atom stereocenters. The number of carboxylic acids is 1. The Morgan fingerprint density at radius 1 is 1.52 bits per heavy atom. The molecule has 0 bridgehead atoms. The molecule has 0 spiro atoms. The Morgan fingerprint density at radius 3 is 2.57 bits per heavy atom. The van der Waals surface area contributed by atoms with E-state index in [2.05, 4.69) is 0 Å². The molecule has 0 radical (unpaired) electrons. The highest BCUT2D eigenvalue weighted by atomic mass is 16.6. The third kappa shape index (κ3) is 3.36. The molecule has 1 amide bonds. The molecule has 1 aromatic carbocycles. The molecule has 0 heterocycles. The van der Waals surface area contributed by atoms with Crippen LogP contribution < -0.4 is 4.90 Å². The highest BCUT2D eigenvalue weighted by Crippen LogP contribution is 2.33. The summed E-state index contributed by atoms with van der Waals surface area (Å²) in [7, 11) is 0. The Hall–Kier alpha value is -2.44. The van der Waals surface area contributed by atoms with Crippen molar-refractivity contribution in [1.29, 1.82) is 0 Å². The normalized spacial score (nSPS) is 13.3. The van der Waals surface area contributed by atoms with Crippen molar-refractivity contribution in [1.82, 2.24) is 0 Å². The smallest absolute Gasteiger partial charge is 0.327 e. The fourth-order valence-electron chi connectivity index (χ4n) is 2.22. The predicted octanol–water partition coefficient (Wildman–Crippen LogP) is 2.37. The summed E-state index contributed by atoms with van der Waals surface area (Å²) >= 11 is 0. The number of nitrogens with zero attached hydrogens (tertiary/aromatic N) is 2. The molecule has 0 saturated carbocycles. The summed E-state index contributed by atoms with van der Waals surface area (Å²) in [6, 6.07) is 3.35. The molecule has 0 fully saturated rings. The second-order valence-corrected chi connectivity index (χ2v) is 4.88. The zero-order valence-corrected chi connectivity index (χ0v) is 12.1. The standard InChI is InChI=1S/C14H18N2O5/c1-4-9(2)13(14(18)19)15(8-17)11-7-5-6-10(3)12(11)16(20)21/h5-9,13H,4H2,1-3H3,(H,18,19). The number of para-hydroxylation sites is 1. The van der Waals surface area contributed by atoms with E-state index < -0.39 is 16.9 Å². The maximum atomic E-state index is 11.5. The number of carboxylic acid groups (broad SMARTS) is 1. The highest BCUT2D eigenvalue weighted by Gasteiger charge is 2.34. The molecule has 7 heteroatoms. The number of nitro benzene ring substituents is 1. The lowest BCUT2D eigenvalue weighted by molar-refractivity contribution is -0.384. The van der Waals surface area contributed by atoms with Crippen molar-refractivity contribution in [3.05, 3.63) is 33.9 Å². The highest BCUT2D eigenvalue weighted by molar-refractivity contribution is 5.91. The van der Waals surface area contributed by atoms with Crippen molar-refractivity contribution in [2.45, 2.75) is 33.2 Å². The van der Waals surface area contributed by atoms with Crippen molar-refractivity contribution >= 4 is 23.8 Å². The van der Waals surface area contributed by atoms with Gasteiger partial charge in [0.2, 0.25) is 6.41 Å². The number of rotatable bonds is 7. The van der Waals surface area contributed by atoms with E-state index in [9.17, 15) is 24.8 Å². The fraction of sp³-hybridized carbons (Fsp3) is 0.429. The zero-order valence-electron chi connectivity index (χ0n) is 12.1. The maximum absolute atomic E-state index is 11.5. The number of carbonyl (C=O) groups is 2. The quantitative estimate of drug-likeness (QED) is 0.472. The van der Waals surface area contributed by atoms with Crippen LogP contribution in [0.2, 0.25) is 0 Å². The van der Waals surface area contributed by atoms with Crippen LogP contribution in [0.5, 0.6) is 0 Å². The third-order valence-electron chi connectivity index (χ3n) is 3.53. The molecule has 0 aliphatic carbocycles. The molecule has 0 aliphatic rings. The number of nitro groups is 1. The van der Waals surface area contributed by atoms with Crippen LogP contribution in [0.25, 0.3) is 0 Å². The Balaban J connectivity index is 3.46. The monoisotopic (exact) mass is 294 g/mol. The molecular formula is C14H18N2O5. The van der Waals surface area contributed by atoms with Gasteiger partial charge in [0, 0.05) is 5.56 Å². The Labute approximate surface area is 122 Å². The molecule has 0 aliphatic heterocycles. The van der Waals surface area contributed by atoms with Gasteiger partial charge in [0.1, 0.15) is 11.7 Å². The van der Waals surface area contributed by atoms with Crippen LogP contribution in [-0.4, -0.2) is 28.5 Å². The topological polar surface area (TPSA) is 101 Å². The van der Waals surface area contributed by atoms with Gasteiger partial charge in [-0.2, -0.15) is 0 Å². The SMILES string of the molecule is CCC(C)C(C(=O)O)N(C=O)c1cccc(C)c1[N+](=O)[O-]. The zero-order chi connectivity index (χ0) is 16.2. The molecule has 0 aromatic heterocycles. The van der Waals surface area contributed by atoms with Crippen LogP contribution in [0.1, 0.15) is 25.8 Å². The minimum Gasteiger partial charge on any atom is -0.480 e. The lowest BCUT2D eigenvalue weighted by Gasteiger charge is -2.29. The number of anilines is 1. The Bertz CT molecular complexity index is 558. The first-order valence-corrected chi connectivity index (χ1v) is 6.55. The molecule has 1 rings (SSSR count). The molecule has 114 valence electrons. The summed E-state index contributed by atoms with van der Waals surface area (Å²) in [4.78, 5) is 34.4. The van der Waals surface area contributed by atoms with Gasteiger partial charge >= 0.3 is 5.97 Å². The van der Waals surface area contributed by atoms with Gasteiger partial charge in [-0.25, -0.2) is 4.79 Å². The number of hydrogen-bond acceptors (Lipinski definition) is 4. The van der Waals surface area contributed by atoms with Gasteiger partial charge in [0.25, 0.3) is 5.69 Å². The van der Waals surface area contributed by atoms with E-state index in [0.717, 1.165) is 4.90 Å². The van der Waals surface area contributed by atoms with Gasteiger partial charge in [0.15, 0.2) is 0 Å².